The highest BCUT2D eigenvalue weighted by Crippen LogP contribution is 2.19. The van der Waals surface area contributed by atoms with Crippen LogP contribution in [0.4, 0.5) is 11.8 Å². The molecule has 0 saturated carbocycles. The molecule has 0 bridgehead atoms. The standard InChI is InChI=1S/C11H18N6O2/c1-3-12-10-16-8(13-4-11(2,19)5-18)7-9(17-10)15-6-14-7/h6,18-19H,3-5H2,1-2H3,(H3,12,13,14,15,16,17). The van der Waals surface area contributed by atoms with Gasteiger partial charge < -0.3 is 25.8 Å². The molecule has 0 aliphatic rings. The molecule has 1 unspecified atom stereocenters. The van der Waals surface area contributed by atoms with E-state index in [1.54, 1.807) is 0 Å². The number of H-pyrrole nitrogens is 1. The lowest BCUT2D eigenvalue weighted by atomic mass is 10.1. The summed E-state index contributed by atoms with van der Waals surface area (Å²) >= 11 is 0. The molecule has 2 aromatic heterocycles. The zero-order chi connectivity index (χ0) is 13.9. The number of fused-ring (bicyclic) bond motifs is 1. The van der Waals surface area contributed by atoms with Gasteiger partial charge in [-0.2, -0.15) is 9.97 Å². The number of anilines is 2. The van der Waals surface area contributed by atoms with Crippen molar-refractivity contribution in [3.8, 4) is 0 Å². The van der Waals surface area contributed by atoms with Gasteiger partial charge in [0, 0.05) is 13.1 Å². The maximum Gasteiger partial charge on any atom is 0.226 e. The highest BCUT2D eigenvalue weighted by atomic mass is 16.3. The Morgan fingerprint density at radius 3 is 2.84 bits per heavy atom. The fraction of sp³-hybridized carbons (Fsp3) is 0.545. The van der Waals surface area contributed by atoms with Crippen LogP contribution < -0.4 is 10.6 Å². The number of nitrogens with zero attached hydrogens (tertiary/aromatic N) is 3. The average molecular weight is 266 g/mol. The second-order valence-electron chi connectivity index (χ2n) is 4.54. The molecule has 0 radical (unpaired) electrons. The fourth-order valence-corrected chi connectivity index (χ4v) is 1.53. The van der Waals surface area contributed by atoms with E-state index in [1.165, 1.54) is 13.3 Å². The summed E-state index contributed by atoms with van der Waals surface area (Å²) in [7, 11) is 0. The van der Waals surface area contributed by atoms with E-state index in [0.717, 1.165) is 0 Å². The predicted octanol–water partition coefficient (Wildman–Crippen LogP) is -0.0601. The van der Waals surface area contributed by atoms with Gasteiger partial charge in [0.1, 0.15) is 11.1 Å². The number of aromatic amines is 1. The molecule has 0 aromatic carbocycles. The first kappa shape index (κ1) is 13.5. The predicted molar refractivity (Wildman–Crippen MR) is 72.0 cm³/mol. The summed E-state index contributed by atoms with van der Waals surface area (Å²) in [6.45, 7) is 4.01. The first-order valence-corrected chi connectivity index (χ1v) is 6.08. The van der Waals surface area contributed by atoms with Crippen molar-refractivity contribution in [3.05, 3.63) is 6.33 Å². The summed E-state index contributed by atoms with van der Waals surface area (Å²) in [6.07, 6.45) is 1.53. The molecule has 0 amide bonds. The number of imidazole rings is 1. The molecule has 2 aromatic rings. The topological polar surface area (TPSA) is 119 Å². The molecule has 5 N–H and O–H groups in total. The lowest BCUT2D eigenvalue weighted by Gasteiger charge is -2.21. The van der Waals surface area contributed by atoms with Gasteiger partial charge in [0.05, 0.1) is 12.9 Å². The van der Waals surface area contributed by atoms with Crippen molar-refractivity contribution in [1.82, 2.24) is 19.9 Å². The maximum absolute atomic E-state index is 9.78. The molecule has 2 rings (SSSR count). The Labute approximate surface area is 110 Å². The first-order chi connectivity index (χ1) is 9.05. The third kappa shape index (κ3) is 3.09. The van der Waals surface area contributed by atoms with Crippen molar-refractivity contribution in [2.45, 2.75) is 19.4 Å². The van der Waals surface area contributed by atoms with Crippen molar-refractivity contribution in [2.75, 3.05) is 30.3 Å². The molecule has 0 saturated heterocycles. The third-order valence-electron chi connectivity index (χ3n) is 2.60. The second-order valence-corrected chi connectivity index (χ2v) is 4.54. The van der Waals surface area contributed by atoms with Gasteiger partial charge in [-0.25, -0.2) is 4.98 Å². The highest BCUT2D eigenvalue weighted by molar-refractivity contribution is 5.83. The van der Waals surface area contributed by atoms with E-state index >= 15 is 0 Å². The Bertz CT molecular complexity index is 553. The third-order valence-corrected chi connectivity index (χ3v) is 2.60. The molecular formula is C11H18N6O2. The van der Waals surface area contributed by atoms with Crippen LogP contribution in [0, 0.1) is 0 Å². The molecule has 8 heteroatoms. The van der Waals surface area contributed by atoms with Crippen molar-refractivity contribution < 1.29 is 10.2 Å². The summed E-state index contributed by atoms with van der Waals surface area (Å²) in [6, 6.07) is 0. The Morgan fingerprint density at radius 1 is 1.37 bits per heavy atom. The van der Waals surface area contributed by atoms with Crippen LogP contribution in [0.3, 0.4) is 0 Å². The summed E-state index contributed by atoms with van der Waals surface area (Å²) in [5, 5.41) is 24.8. The molecule has 0 aliphatic carbocycles. The molecule has 104 valence electrons. The van der Waals surface area contributed by atoms with E-state index in [1.807, 2.05) is 6.92 Å². The van der Waals surface area contributed by atoms with Crippen LogP contribution in [0.15, 0.2) is 6.33 Å². The summed E-state index contributed by atoms with van der Waals surface area (Å²) in [5.41, 5.74) is -0.0113. The lowest BCUT2D eigenvalue weighted by Crippen LogP contribution is -2.37. The molecule has 8 nitrogen and oxygen atoms in total. The van der Waals surface area contributed by atoms with Crippen LogP contribution in [0.2, 0.25) is 0 Å². The van der Waals surface area contributed by atoms with Crippen molar-refractivity contribution in [1.29, 1.82) is 0 Å². The average Bonchev–Trinajstić information content (AvgIpc) is 2.85. The number of aliphatic hydroxyl groups excluding tert-OH is 1. The number of hydrogen-bond acceptors (Lipinski definition) is 7. The summed E-state index contributed by atoms with van der Waals surface area (Å²) in [4.78, 5) is 15.6. The van der Waals surface area contributed by atoms with Gasteiger partial charge >= 0.3 is 0 Å². The summed E-state index contributed by atoms with van der Waals surface area (Å²) in [5.74, 6) is 1.00. The van der Waals surface area contributed by atoms with Crippen molar-refractivity contribution >= 4 is 22.9 Å². The Kier molecular flexibility index (Phi) is 3.82. The fourth-order valence-electron chi connectivity index (χ4n) is 1.53. The minimum absolute atomic E-state index is 0.167. The van der Waals surface area contributed by atoms with Crippen LogP contribution in [0.5, 0.6) is 0 Å². The zero-order valence-electron chi connectivity index (χ0n) is 10.9. The van der Waals surface area contributed by atoms with Gasteiger partial charge in [0.2, 0.25) is 5.95 Å². The SMILES string of the molecule is CCNc1nc(NCC(C)(O)CO)c2[nH]cnc2n1. The van der Waals surface area contributed by atoms with Crippen LogP contribution in [-0.2, 0) is 0 Å². The van der Waals surface area contributed by atoms with Gasteiger partial charge in [0.15, 0.2) is 11.5 Å². The minimum Gasteiger partial charge on any atom is -0.393 e. The molecule has 0 spiro atoms. The smallest absolute Gasteiger partial charge is 0.226 e. The number of nitrogens with one attached hydrogen (secondary N) is 3. The van der Waals surface area contributed by atoms with E-state index in [2.05, 4.69) is 30.6 Å². The van der Waals surface area contributed by atoms with E-state index in [0.29, 0.717) is 29.5 Å². The monoisotopic (exact) mass is 266 g/mol. The van der Waals surface area contributed by atoms with Crippen molar-refractivity contribution in [3.63, 3.8) is 0 Å². The largest absolute Gasteiger partial charge is 0.393 e. The number of aromatic nitrogens is 4. The molecule has 0 fully saturated rings. The van der Waals surface area contributed by atoms with E-state index in [4.69, 9.17) is 5.11 Å². The molecule has 0 aliphatic heterocycles. The Balaban J connectivity index is 2.27. The van der Waals surface area contributed by atoms with E-state index in [-0.39, 0.29) is 13.2 Å². The number of aliphatic hydroxyl groups is 2. The molecule has 2 heterocycles. The summed E-state index contributed by atoms with van der Waals surface area (Å²) < 4.78 is 0. The second kappa shape index (κ2) is 5.37. The minimum atomic E-state index is -1.21. The zero-order valence-corrected chi connectivity index (χ0v) is 10.9. The Morgan fingerprint density at radius 2 is 2.16 bits per heavy atom. The molecule has 19 heavy (non-hydrogen) atoms. The van der Waals surface area contributed by atoms with E-state index < -0.39 is 5.60 Å². The van der Waals surface area contributed by atoms with Crippen LogP contribution >= 0.6 is 0 Å². The lowest BCUT2D eigenvalue weighted by molar-refractivity contribution is 0.0132. The van der Waals surface area contributed by atoms with Gasteiger partial charge in [-0.15, -0.1) is 0 Å². The normalized spacial score (nSPS) is 14.3. The van der Waals surface area contributed by atoms with Gasteiger partial charge in [-0.3, -0.25) is 0 Å². The van der Waals surface area contributed by atoms with Crippen LogP contribution in [0.1, 0.15) is 13.8 Å². The number of rotatable bonds is 6. The first-order valence-electron chi connectivity index (χ1n) is 6.08. The maximum atomic E-state index is 9.78. The van der Waals surface area contributed by atoms with Crippen molar-refractivity contribution in [2.24, 2.45) is 0 Å². The number of hydrogen-bond donors (Lipinski definition) is 5. The quantitative estimate of drug-likeness (QED) is 0.497. The highest BCUT2D eigenvalue weighted by Gasteiger charge is 2.20. The molecular weight excluding hydrogens is 248 g/mol. The Hall–Kier alpha value is -1.93. The van der Waals surface area contributed by atoms with Gasteiger partial charge in [-0.1, -0.05) is 0 Å². The van der Waals surface area contributed by atoms with Gasteiger partial charge in [-0.05, 0) is 13.8 Å². The van der Waals surface area contributed by atoms with Crippen LogP contribution in [0.25, 0.3) is 11.2 Å². The molecule has 1 atom stereocenters. The van der Waals surface area contributed by atoms with Gasteiger partial charge in [0.25, 0.3) is 0 Å². The van der Waals surface area contributed by atoms with Crippen LogP contribution in [-0.4, -0.2) is 55.4 Å². The van der Waals surface area contributed by atoms with E-state index in [9.17, 15) is 5.11 Å².